The van der Waals surface area contributed by atoms with Crippen LogP contribution in [0, 0.1) is 5.41 Å². The predicted molar refractivity (Wildman–Crippen MR) is 49.6 cm³/mol. The molecule has 0 aliphatic carbocycles. The molecule has 0 unspecified atom stereocenters. The van der Waals surface area contributed by atoms with Crippen LogP contribution >= 0.6 is 0 Å². The Morgan fingerprint density at radius 3 is 2.62 bits per heavy atom. The number of carbonyl (C=O) groups is 1. The maximum Gasteiger partial charge on any atom is 0.127 e. The van der Waals surface area contributed by atoms with Crippen LogP contribution in [0.5, 0.6) is 0 Å². The van der Waals surface area contributed by atoms with E-state index in [-0.39, 0.29) is 11.5 Å². The van der Waals surface area contributed by atoms with Crippen molar-refractivity contribution in [2.24, 2.45) is 5.41 Å². The summed E-state index contributed by atoms with van der Waals surface area (Å²) < 4.78 is 10.8. The molecular formula is C10H18O3. The molecule has 3 heteroatoms. The van der Waals surface area contributed by atoms with Gasteiger partial charge in [-0.25, -0.2) is 0 Å². The monoisotopic (exact) mass is 186 g/mol. The van der Waals surface area contributed by atoms with Crippen molar-refractivity contribution >= 4 is 6.29 Å². The first kappa shape index (κ1) is 10.7. The largest absolute Gasteiger partial charge is 0.381 e. The molecule has 0 saturated carbocycles. The highest BCUT2D eigenvalue weighted by molar-refractivity contribution is 5.57. The summed E-state index contributed by atoms with van der Waals surface area (Å²) in [6, 6.07) is 0. The number of aldehydes is 1. The minimum Gasteiger partial charge on any atom is -0.381 e. The summed E-state index contributed by atoms with van der Waals surface area (Å²) in [5.74, 6) is 0. The predicted octanol–water partition coefficient (Wildman–Crippen LogP) is 1.41. The normalized spacial score (nSPS) is 20.2. The number of rotatable bonds is 4. The number of hydrogen-bond donors (Lipinski definition) is 0. The lowest BCUT2D eigenvalue weighted by Gasteiger charge is -2.26. The van der Waals surface area contributed by atoms with Gasteiger partial charge < -0.3 is 14.3 Å². The van der Waals surface area contributed by atoms with Crippen LogP contribution in [0.1, 0.15) is 26.7 Å². The van der Waals surface area contributed by atoms with Gasteiger partial charge in [0.05, 0.1) is 12.7 Å². The zero-order valence-corrected chi connectivity index (χ0v) is 8.41. The van der Waals surface area contributed by atoms with E-state index in [2.05, 4.69) is 0 Å². The third-order valence-corrected chi connectivity index (χ3v) is 2.18. The molecule has 0 spiro atoms. The fourth-order valence-electron chi connectivity index (χ4n) is 1.21. The number of ether oxygens (including phenoxy) is 2. The molecule has 1 aliphatic heterocycles. The minimum atomic E-state index is -0.349. The molecule has 0 aromatic rings. The van der Waals surface area contributed by atoms with E-state index in [0.29, 0.717) is 6.61 Å². The molecule has 0 bridgehead atoms. The highest BCUT2D eigenvalue weighted by Gasteiger charge is 2.21. The van der Waals surface area contributed by atoms with Crippen LogP contribution < -0.4 is 0 Å². The average Bonchev–Trinajstić information content (AvgIpc) is 2.17. The Kier molecular flexibility index (Phi) is 3.88. The Labute approximate surface area is 79.4 Å². The van der Waals surface area contributed by atoms with Crippen molar-refractivity contribution in [3.8, 4) is 0 Å². The van der Waals surface area contributed by atoms with Crippen LogP contribution in [-0.2, 0) is 14.3 Å². The molecule has 0 N–H and O–H groups in total. The van der Waals surface area contributed by atoms with E-state index in [0.717, 1.165) is 32.3 Å². The van der Waals surface area contributed by atoms with Gasteiger partial charge in [-0.3, -0.25) is 0 Å². The molecule has 0 radical (unpaired) electrons. The van der Waals surface area contributed by atoms with Gasteiger partial charge in [-0.15, -0.1) is 0 Å². The van der Waals surface area contributed by atoms with Crippen molar-refractivity contribution in [3.05, 3.63) is 0 Å². The van der Waals surface area contributed by atoms with Crippen molar-refractivity contribution < 1.29 is 14.3 Å². The average molecular weight is 186 g/mol. The van der Waals surface area contributed by atoms with Gasteiger partial charge in [0.15, 0.2) is 0 Å². The van der Waals surface area contributed by atoms with Crippen molar-refractivity contribution in [1.82, 2.24) is 0 Å². The molecule has 13 heavy (non-hydrogen) atoms. The van der Waals surface area contributed by atoms with E-state index >= 15 is 0 Å². The lowest BCUT2D eigenvalue weighted by atomic mass is 9.97. The quantitative estimate of drug-likeness (QED) is 0.623. The maximum absolute atomic E-state index is 10.6. The van der Waals surface area contributed by atoms with Gasteiger partial charge >= 0.3 is 0 Å². The van der Waals surface area contributed by atoms with E-state index in [9.17, 15) is 4.79 Å². The molecule has 1 rings (SSSR count). The van der Waals surface area contributed by atoms with Crippen molar-refractivity contribution in [2.45, 2.75) is 32.8 Å². The molecule has 0 amide bonds. The van der Waals surface area contributed by atoms with E-state index in [1.165, 1.54) is 0 Å². The highest BCUT2D eigenvalue weighted by Crippen LogP contribution is 2.16. The summed E-state index contributed by atoms with van der Waals surface area (Å²) in [7, 11) is 0. The summed E-state index contributed by atoms with van der Waals surface area (Å²) in [4.78, 5) is 10.6. The number of carbonyl (C=O) groups excluding carboxylic acids is 1. The summed E-state index contributed by atoms with van der Waals surface area (Å²) >= 11 is 0. The number of hydrogen-bond acceptors (Lipinski definition) is 3. The Hall–Kier alpha value is -0.410. The summed E-state index contributed by atoms with van der Waals surface area (Å²) in [6.45, 7) is 5.86. The van der Waals surface area contributed by atoms with Crippen molar-refractivity contribution in [3.63, 3.8) is 0 Å². The van der Waals surface area contributed by atoms with Crippen LogP contribution in [0.15, 0.2) is 0 Å². The van der Waals surface area contributed by atoms with E-state index in [1.807, 2.05) is 13.8 Å². The van der Waals surface area contributed by atoms with Crippen molar-refractivity contribution in [2.75, 3.05) is 19.8 Å². The second kappa shape index (κ2) is 4.72. The maximum atomic E-state index is 10.6. The van der Waals surface area contributed by atoms with Crippen LogP contribution in [0.4, 0.5) is 0 Å². The second-order valence-electron chi connectivity index (χ2n) is 4.23. The molecule has 3 nitrogen and oxygen atoms in total. The highest BCUT2D eigenvalue weighted by atomic mass is 16.5. The molecule has 0 aromatic heterocycles. The SMILES string of the molecule is CC(C)(C=O)COC1CCOCC1. The standard InChI is InChI=1S/C10H18O3/c1-10(2,7-11)8-13-9-3-5-12-6-4-9/h7,9H,3-6,8H2,1-2H3. The van der Waals surface area contributed by atoms with E-state index < -0.39 is 0 Å². The zero-order chi connectivity index (χ0) is 9.73. The first-order chi connectivity index (χ1) is 6.14. The molecule has 1 saturated heterocycles. The van der Waals surface area contributed by atoms with Crippen LogP contribution in [-0.4, -0.2) is 32.2 Å². The van der Waals surface area contributed by atoms with E-state index in [1.54, 1.807) is 0 Å². The molecule has 0 aromatic carbocycles. The fourth-order valence-corrected chi connectivity index (χ4v) is 1.21. The molecule has 0 atom stereocenters. The van der Waals surface area contributed by atoms with Crippen molar-refractivity contribution in [1.29, 1.82) is 0 Å². The molecule has 1 heterocycles. The first-order valence-corrected chi connectivity index (χ1v) is 4.80. The lowest BCUT2D eigenvalue weighted by molar-refractivity contribution is -0.120. The fraction of sp³-hybridized carbons (Fsp3) is 0.900. The zero-order valence-electron chi connectivity index (χ0n) is 8.41. The Morgan fingerprint density at radius 1 is 1.46 bits per heavy atom. The lowest BCUT2D eigenvalue weighted by Crippen LogP contribution is -2.29. The van der Waals surface area contributed by atoms with Crippen LogP contribution in [0.3, 0.4) is 0 Å². The van der Waals surface area contributed by atoms with Gasteiger partial charge in [0.25, 0.3) is 0 Å². The van der Waals surface area contributed by atoms with Gasteiger partial charge in [0.2, 0.25) is 0 Å². The summed E-state index contributed by atoms with van der Waals surface area (Å²) in [5.41, 5.74) is -0.349. The first-order valence-electron chi connectivity index (χ1n) is 4.80. The summed E-state index contributed by atoms with van der Waals surface area (Å²) in [6.07, 6.45) is 3.14. The Balaban J connectivity index is 2.20. The van der Waals surface area contributed by atoms with Gasteiger partial charge in [-0.2, -0.15) is 0 Å². The van der Waals surface area contributed by atoms with Gasteiger partial charge in [-0.05, 0) is 12.8 Å². The van der Waals surface area contributed by atoms with Gasteiger partial charge in [0, 0.05) is 18.6 Å². The topological polar surface area (TPSA) is 35.5 Å². The smallest absolute Gasteiger partial charge is 0.127 e. The van der Waals surface area contributed by atoms with Gasteiger partial charge in [-0.1, -0.05) is 13.8 Å². The molecular weight excluding hydrogens is 168 g/mol. The van der Waals surface area contributed by atoms with E-state index in [4.69, 9.17) is 9.47 Å². The summed E-state index contributed by atoms with van der Waals surface area (Å²) in [5, 5.41) is 0. The third-order valence-electron chi connectivity index (χ3n) is 2.18. The molecule has 76 valence electrons. The minimum absolute atomic E-state index is 0.285. The Bertz CT molecular complexity index is 160. The molecule has 1 aliphatic rings. The third kappa shape index (κ3) is 3.87. The second-order valence-corrected chi connectivity index (χ2v) is 4.23. The Morgan fingerprint density at radius 2 is 2.08 bits per heavy atom. The van der Waals surface area contributed by atoms with Gasteiger partial charge in [0.1, 0.15) is 6.29 Å². The van der Waals surface area contributed by atoms with Crippen LogP contribution in [0.2, 0.25) is 0 Å². The van der Waals surface area contributed by atoms with Crippen LogP contribution in [0.25, 0.3) is 0 Å². The molecule has 1 fully saturated rings.